The Labute approximate surface area is 109 Å². The molecule has 2 atom stereocenters. The predicted molar refractivity (Wildman–Crippen MR) is 74.3 cm³/mol. The van der Waals surface area contributed by atoms with Crippen molar-refractivity contribution in [2.45, 2.75) is 62.4 Å². The molecule has 1 heterocycles. The highest BCUT2D eigenvalue weighted by Crippen LogP contribution is 2.31. The first-order chi connectivity index (χ1) is 8.27. The van der Waals surface area contributed by atoms with Crippen molar-refractivity contribution in [3.05, 3.63) is 12.2 Å². The Hall–Kier alpha value is -0.440. The van der Waals surface area contributed by atoms with Gasteiger partial charge in [0.05, 0.1) is 7.11 Å². The zero-order valence-corrected chi connectivity index (χ0v) is 11.8. The Bertz CT molecular complexity index is 251. The first-order valence-electron chi connectivity index (χ1n) is 6.68. The van der Waals surface area contributed by atoms with Crippen LogP contribution in [0.4, 0.5) is 0 Å². The zero-order valence-electron chi connectivity index (χ0n) is 11.0. The zero-order chi connectivity index (χ0) is 12.5. The Morgan fingerprint density at radius 2 is 2.12 bits per heavy atom. The lowest BCUT2D eigenvalue weighted by atomic mass is 10.1. The monoisotopic (exact) mass is 256 g/mol. The van der Waals surface area contributed by atoms with E-state index in [9.17, 15) is 4.79 Å². The van der Waals surface area contributed by atoms with Crippen LogP contribution in [0, 0.1) is 0 Å². The highest BCUT2D eigenvalue weighted by atomic mass is 32.2. The molecule has 0 amide bonds. The number of unbranched alkanes of at least 4 members (excludes halogenated alkanes) is 4. The van der Waals surface area contributed by atoms with Gasteiger partial charge in [0.1, 0.15) is 5.25 Å². The summed E-state index contributed by atoms with van der Waals surface area (Å²) < 4.78 is 4.78. The number of carbonyl (C=O) groups is 1. The topological polar surface area (TPSA) is 26.3 Å². The molecule has 1 rings (SSSR count). The minimum Gasteiger partial charge on any atom is -0.468 e. The number of hydrogen-bond acceptors (Lipinski definition) is 3. The van der Waals surface area contributed by atoms with E-state index in [1.165, 1.54) is 45.6 Å². The van der Waals surface area contributed by atoms with Crippen molar-refractivity contribution in [1.29, 1.82) is 0 Å². The first kappa shape index (κ1) is 14.6. The van der Waals surface area contributed by atoms with Crippen molar-refractivity contribution in [2.24, 2.45) is 0 Å². The van der Waals surface area contributed by atoms with Crippen molar-refractivity contribution >= 4 is 17.7 Å². The van der Waals surface area contributed by atoms with E-state index in [1.807, 2.05) is 6.08 Å². The fourth-order valence-electron chi connectivity index (χ4n) is 2.07. The van der Waals surface area contributed by atoms with E-state index in [0.717, 1.165) is 6.42 Å². The van der Waals surface area contributed by atoms with Crippen LogP contribution >= 0.6 is 11.8 Å². The highest BCUT2D eigenvalue weighted by Gasteiger charge is 2.24. The molecule has 1 aliphatic heterocycles. The van der Waals surface area contributed by atoms with Crippen LogP contribution in [-0.2, 0) is 9.53 Å². The van der Waals surface area contributed by atoms with Crippen LogP contribution < -0.4 is 0 Å². The van der Waals surface area contributed by atoms with Gasteiger partial charge in [-0.25, -0.2) is 0 Å². The second-order valence-corrected chi connectivity index (χ2v) is 6.02. The van der Waals surface area contributed by atoms with Crippen molar-refractivity contribution in [3.63, 3.8) is 0 Å². The average Bonchev–Trinajstić information content (AvgIpc) is 2.38. The molecule has 2 nitrogen and oxygen atoms in total. The van der Waals surface area contributed by atoms with E-state index in [-0.39, 0.29) is 11.2 Å². The van der Waals surface area contributed by atoms with Crippen LogP contribution in [0.15, 0.2) is 12.2 Å². The Kier molecular flexibility index (Phi) is 7.41. The second kappa shape index (κ2) is 8.62. The maximum Gasteiger partial charge on any atom is 0.322 e. The fourth-order valence-corrected chi connectivity index (χ4v) is 3.42. The van der Waals surface area contributed by atoms with Gasteiger partial charge in [-0.3, -0.25) is 4.79 Å². The van der Waals surface area contributed by atoms with Crippen LogP contribution in [0.5, 0.6) is 0 Å². The number of allylic oxidation sites excluding steroid dienone is 1. The van der Waals surface area contributed by atoms with Gasteiger partial charge in [0.2, 0.25) is 0 Å². The summed E-state index contributed by atoms with van der Waals surface area (Å²) in [6, 6.07) is 0. The summed E-state index contributed by atoms with van der Waals surface area (Å²) in [5.41, 5.74) is 0. The number of ether oxygens (including phenoxy) is 1. The lowest BCUT2D eigenvalue weighted by Gasteiger charge is -2.22. The smallest absolute Gasteiger partial charge is 0.322 e. The molecule has 0 aliphatic carbocycles. The Balaban J connectivity index is 2.18. The van der Waals surface area contributed by atoms with Gasteiger partial charge in [-0.2, -0.15) is 0 Å². The summed E-state index contributed by atoms with van der Waals surface area (Å²) in [7, 11) is 1.46. The molecular weight excluding hydrogens is 232 g/mol. The molecule has 1 aliphatic rings. The number of esters is 1. The number of thioether (sulfide) groups is 1. The molecule has 0 fully saturated rings. The van der Waals surface area contributed by atoms with E-state index in [4.69, 9.17) is 4.74 Å². The quantitative estimate of drug-likeness (QED) is 0.392. The minimum absolute atomic E-state index is 0.0746. The second-order valence-electron chi connectivity index (χ2n) is 4.57. The lowest BCUT2D eigenvalue weighted by Crippen LogP contribution is -2.22. The molecule has 0 bridgehead atoms. The molecule has 0 radical (unpaired) electrons. The van der Waals surface area contributed by atoms with Crippen molar-refractivity contribution in [1.82, 2.24) is 0 Å². The largest absolute Gasteiger partial charge is 0.468 e. The van der Waals surface area contributed by atoms with Crippen LogP contribution in [0.25, 0.3) is 0 Å². The highest BCUT2D eigenvalue weighted by molar-refractivity contribution is 8.01. The van der Waals surface area contributed by atoms with Gasteiger partial charge in [0.25, 0.3) is 0 Å². The normalized spacial score (nSPS) is 23.6. The van der Waals surface area contributed by atoms with E-state index >= 15 is 0 Å². The molecule has 0 aromatic rings. The Morgan fingerprint density at radius 1 is 1.35 bits per heavy atom. The van der Waals surface area contributed by atoms with Gasteiger partial charge in [0, 0.05) is 5.25 Å². The molecule has 2 unspecified atom stereocenters. The van der Waals surface area contributed by atoms with E-state index < -0.39 is 0 Å². The Morgan fingerprint density at radius 3 is 2.82 bits per heavy atom. The number of methoxy groups -OCH3 is 1. The lowest BCUT2D eigenvalue weighted by molar-refractivity contribution is -0.139. The number of carbonyl (C=O) groups excluding carboxylic acids is 1. The predicted octanol–water partition coefficient (Wildman–Crippen LogP) is 3.95. The summed E-state index contributed by atoms with van der Waals surface area (Å²) in [5, 5.41) is 0.528. The van der Waals surface area contributed by atoms with Gasteiger partial charge >= 0.3 is 5.97 Å². The molecule has 0 saturated carbocycles. The summed E-state index contributed by atoms with van der Waals surface area (Å²) in [6.45, 7) is 2.24. The summed E-state index contributed by atoms with van der Waals surface area (Å²) in [5.74, 6) is -0.109. The molecular formula is C14H24O2S. The van der Waals surface area contributed by atoms with Crippen molar-refractivity contribution < 1.29 is 9.53 Å². The molecule has 3 heteroatoms. The molecule has 98 valence electrons. The first-order valence-corrected chi connectivity index (χ1v) is 7.62. The van der Waals surface area contributed by atoms with E-state index in [2.05, 4.69) is 13.0 Å². The third-order valence-electron chi connectivity index (χ3n) is 3.11. The molecule has 0 spiro atoms. The van der Waals surface area contributed by atoms with Gasteiger partial charge < -0.3 is 4.74 Å². The van der Waals surface area contributed by atoms with Gasteiger partial charge in [-0.15, -0.1) is 11.8 Å². The SMILES string of the molecule is CCCCCCCC1CC=CC(C(=O)OC)S1. The summed E-state index contributed by atoms with van der Waals surface area (Å²) in [4.78, 5) is 11.4. The number of hydrogen-bond donors (Lipinski definition) is 0. The maximum absolute atomic E-state index is 11.4. The third-order valence-corrected chi connectivity index (χ3v) is 4.57. The molecule has 17 heavy (non-hydrogen) atoms. The molecule has 0 aromatic heterocycles. The van der Waals surface area contributed by atoms with Gasteiger partial charge in [0.15, 0.2) is 0 Å². The minimum atomic E-state index is -0.109. The van der Waals surface area contributed by atoms with Crippen LogP contribution in [0.1, 0.15) is 51.9 Å². The average molecular weight is 256 g/mol. The number of rotatable bonds is 7. The van der Waals surface area contributed by atoms with Gasteiger partial charge in [-0.05, 0) is 12.8 Å². The van der Waals surface area contributed by atoms with Crippen molar-refractivity contribution in [3.8, 4) is 0 Å². The molecule has 0 N–H and O–H groups in total. The maximum atomic E-state index is 11.4. The molecule has 0 saturated heterocycles. The van der Waals surface area contributed by atoms with Crippen LogP contribution in [0.2, 0.25) is 0 Å². The summed E-state index contributed by atoms with van der Waals surface area (Å²) >= 11 is 1.77. The van der Waals surface area contributed by atoms with Crippen LogP contribution in [0.3, 0.4) is 0 Å². The standard InChI is InChI=1S/C14H24O2S/c1-3-4-5-6-7-9-12-10-8-11-13(17-12)14(15)16-2/h8,11-13H,3-7,9-10H2,1-2H3. The van der Waals surface area contributed by atoms with Crippen LogP contribution in [-0.4, -0.2) is 23.6 Å². The van der Waals surface area contributed by atoms with E-state index in [1.54, 1.807) is 11.8 Å². The van der Waals surface area contributed by atoms with Gasteiger partial charge in [-0.1, -0.05) is 51.2 Å². The summed E-state index contributed by atoms with van der Waals surface area (Å²) in [6.07, 6.45) is 13.1. The fraction of sp³-hybridized carbons (Fsp3) is 0.786. The third kappa shape index (κ3) is 5.62. The van der Waals surface area contributed by atoms with E-state index in [0.29, 0.717) is 5.25 Å². The van der Waals surface area contributed by atoms with Crippen molar-refractivity contribution in [2.75, 3.05) is 7.11 Å². The molecule has 0 aromatic carbocycles.